The van der Waals surface area contributed by atoms with E-state index in [1.54, 1.807) is 0 Å². The molecular weight excluding hydrogens is 212 g/mol. The first-order chi connectivity index (χ1) is 7.50. The Balaban J connectivity index is 2.31. The highest BCUT2D eigenvalue weighted by Crippen LogP contribution is 2.22. The summed E-state index contributed by atoms with van der Waals surface area (Å²) in [7, 11) is 0. The molecule has 1 aliphatic rings. The van der Waals surface area contributed by atoms with Crippen LogP contribution in [0.25, 0.3) is 0 Å². The van der Waals surface area contributed by atoms with Gasteiger partial charge in [-0.1, -0.05) is 6.42 Å². The molecule has 1 rings (SSSR count). The molecule has 6 heteroatoms. The molecule has 1 saturated carbocycles. The van der Waals surface area contributed by atoms with Gasteiger partial charge in [-0.25, -0.2) is 4.79 Å². The van der Waals surface area contributed by atoms with E-state index in [1.165, 1.54) is 0 Å². The Morgan fingerprint density at radius 3 is 2.69 bits per heavy atom. The van der Waals surface area contributed by atoms with E-state index >= 15 is 0 Å². The Labute approximate surface area is 93.8 Å². The van der Waals surface area contributed by atoms with Gasteiger partial charge in [0, 0.05) is 12.0 Å². The number of aliphatic carboxylic acids is 1. The van der Waals surface area contributed by atoms with Crippen molar-refractivity contribution in [2.75, 3.05) is 6.54 Å². The Morgan fingerprint density at radius 2 is 2.12 bits per heavy atom. The molecule has 3 atom stereocenters. The van der Waals surface area contributed by atoms with Crippen molar-refractivity contribution in [3.05, 3.63) is 0 Å². The van der Waals surface area contributed by atoms with Crippen molar-refractivity contribution in [3.63, 3.8) is 0 Å². The maximum Gasteiger partial charge on any atom is 0.334 e. The molecule has 1 amide bonds. The number of carbonyl (C=O) groups is 2. The number of nitrogens with two attached hydrogens (primary N) is 1. The molecule has 0 saturated heterocycles. The summed E-state index contributed by atoms with van der Waals surface area (Å²) in [6.07, 6.45) is 1.72. The molecular formula is C10H18N2O4. The van der Waals surface area contributed by atoms with Gasteiger partial charge in [0.2, 0.25) is 5.91 Å². The average molecular weight is 230 g/mol. The van der Waals surface area contributed by atoms with Crippen LogP contribution in [-0.2, 0) is 9.59 Å². The Hall–Kier alpha value is -1.14. The van der Waals surface area contributed by atoms with Crippen LogP contribution in [-0.4, -0.2) is 40.8 Å². The van der Waals surface area contributed by atoms with E-state index in [4.69, 9.17) is 15.9 Å². The summed E-state index contributed by atoms with van der Waals surface area (Å²) in [6.45, 7) is -0.250. The van der Waals surface area contributed by atoms with E-state index in [-0.39, 0.29) is 24.4 Å². The number of carboxylic acid groups (broad SMARTS) is 1. The van der Waals surface area contributed by atoms with E-state index in [2.05, 4.69) is 5.32 Å². The minimum absolute atomic E-state index is 0.0499. The molecule has 0 heterocycles. The number of aliphatic hydroxyl groups excluding tert-OH is 1. The monoisotopic (exact) mass is 230 g/mol. The lowest BCUT2D eigenvalue weighted by Crippen LogP contribution is -2.42. The number of amides is 1. The lowest BCUT2D eigenvalue weighted by atomic mass is 9.85. The third kappa shape index (κ3) is 3.79. The predicted molar refractivity (Wildman–Crippen MR) is 56.6 cm³/mol. The van der Waals surface area contributed by atoms with Gasteiger partial charge in [-0.2, -0.15) is 0 Å². The summed E-state index contributed by atoms with van der Waals surface area (Å²) in [6, 6.07) is 0.0499. The third-order valence-electron chi connectivity index (χ3n) is 2.84. The van der Waals surface area contributed by atoms with Crippen LogP contribution in [0.2, 0.25) is 0 Å². The van der Waals surface area contributed by atoms with Gasteiger partial charge in [0.25, 0.3) is 0 Å². The summed E-state index contributed by atoms with van der Waals surface area (Å²) >= 11 is 0. The minimum Gasteiger partial charge on any atom is -0.479 e. The van der Waals surface area contributed by atoms with Crippen molar-refractivity contribution < 1.29 is 19.8 Å². The number of hydrogen-bond acceptors (Lipinski definition) is 4. The number of nitrogens with one attached hydrogen (secondary N) is 1. The zero-order valence-corrected chi connectivity index (χ0v) is 9.06. The van der Waals surface area contributed by atoms with Gasteiger partial charge in [-0.15, -0.1) is 0 Å². The summed E-state index contributed by atoms with van der Waals surface area (Å²) in [5, 5.41) is 19.8. The molecule has 16 heavy (non-hydrogen) atoms. The van der Waals surface area contributed by atoms with Gasteiger partial charge in [-0.3, -0.25) is 4.79 Å². The van der Waals surface area contributed by atoms with Gasteiger partial charge in [0.15, 0.2) is 6.10 Å². The number of rotatable bonds is 4. The SMILES string of the molecule is NC1CCCC(C(=O)NCC(O)C(=O)O)C1. The smallest absolute Gasteiger partial charge is 0.334 e. The number of hydrogen-bond donors (Lipinski definition) is 4. The zero-order valence-electron chi connectivity index (χ0n) is 9.06. The van der Waals surface area contributed by atoms with E-state index < -0.39 is 12.1 Å². The molecule has 1 fully saturated rings. The maximum atomic E-state index is 11.6. The maximum absolute atomic E-state index is 11.6. The summed E-state index contributed by atoms with van der Waals surface area (Å²) < 4.78 is 0. The largest absolute Gasteiger partial charge is 0.479 e. The highest BCUT2D eigenvalue weighted by atomic mass is 16.4. The fourth-order valence-electron chi connectivity index (χ4n) is 1.89. The molecule has 0 spiro atoms. The van der Waals surface area contributed by atoms with Crippen molar-refractivity contribution in [2.24, 2.45) is 11.7 Å². The topological polar surface area (TPSA) is 113 Å². The van der Waals surface area contributed by atoms with Crippen LogP contribution < -0.4 is 11.1 Å². The van der Waals surface area contributed by atoms with Gasteiger partial charge in [0.1, 0.15) is 0 Å². The molecule has 0 radical (unpaired) electrons. The first kappa shape index (κ1) is 12.9. The molecule has 92 valence electrons. The Bertz CT molecular complexity index is 270. The Morgan fingerprint density at radius 1 is 1.44 bits per heavy atom. The van der Waals surface area contributed by atoms with Crippen molar-refractivity contribution >= 4 is 11.9 Å². The van der Waals surface area contributed by atoms with Gasteiger partial charge >= 0.3 is 5.97 Å². The van der Waals surface area contributed by atoms with Gasteiger partial charge in [0.05, 0.1) is 6.54 Å². The van der Waals surface area contributed by atoms with Crippen molar-refractivity contribution in [2.45, 2.75) is 37.8 Å². The second kappa shape index (κ2) is 5.81. The third-order valence-corrected chi connectivity index (χ3v) is 2.84. The summed E-state index contributed by atoms with van der Waals surface area (Å²) in [5.74, 6) is -1.69. The molecule has 1 aliphatic carbocycles. The van der Waals surface area contributed by atoms with E-state index in [9.17, 15) is 9.59 Å². The number of carboxylic acids is 1. The number of carbonyl (C=O) groups excluding carboxylic acids is 1. The first-order valence-electron chi connectivity index (χ1n) is 5.45. The van der Waals surface area contributed by atoms with Crippen LogP contribution in [0.5, 0.6) is 0 Å². The lowest BCUT2D eigenvalue weighted by Gasteiger charge is -2.25. The number of aliphatic hydroxyl groups is 1. The average Bonchev–Trinajstić information content (AvgIpc) is 2.25. The van der Waals surface area contributed by atoms with E-state index in [1.807, 2.05) is 0 Å². The van der Waals surface area contributed by atoms with Crippen LogP contribution in [0.4, 0.5) is 0 Å². The highest BCUT2D eigenvalue weighted by Gasteiger charge is 2.26. The van der Waals surface area contributed by atoms with E-state index in [0.29, 0.717) is 6.42 Å². The second-order valence-electron chi connectivity index (χ2n) is 4.22. The second-order valence-corrected chi connectivity index (χ2v) is 4.22. The van der Waals surface area contributed by atoms with Crippen LogP contribution in [0.15, 0.2) is 0 Å². The van der Waals surface area contributed by atoms with Crippen molar-refractivity contribution in [1.29, 1.82) is 0 Å². The molecule has 0 aromatic rings. The van der Waals surface area contributed by atoms with Crippen LogP contribution in [0.3, 0.4) is 0 Å². The van der Waals surface area contributed by atoms with Crippen LogP contribution >= 0.6 is 0 Å². The summed E-state index contributed by atoms with van der Waals surface area (Å²) in [4.78, 5) is 21.9. The molecule has 5 N–H and O–H groups in total. The molecule has 3 unspecified atom stereocenters. The highest BCUT2D eigenvalue weighted by molar-refractivity contribution is 5.80. The Kier molecular flexibility index (Phi) is 4.70. The predicted octanol–water partition coefficient (Wildman–Crippen LogP) is -0.934. The quantitative estimate of drug-likeness (QED) is 0.498. The lowest BCUT2D eigenvalue weighted by molar-refractivity contribution is -0.146. The molecule has 6 nitrogen and oxygen atoms in total. The van der Waals surface area contributed by atoms with Crippen molar-refractivity contribution in [3.8, 4) is 0 Å². The van der Waals surface area contributed by atoms with Crippen molar-refractivity contribution in [1.82, 2.24) is 5.32 Å². The van der Waals surface area contributed by atoms with Crippen LogP contribution in [0, 0.1) is 5.92 Å². The minimum atomic E-state index is -1.54. The fourth-order valence-corrected chi connectivity index (χ4v) is 1.89. The first-order valence-corrected chi connectivity index (χ1v) is 5.45. The molecule has 0 bridgehead atoms. The van der Waals surface area contributed by atoms with E-state index in [0.717, 1.165) is 19.3 Å². The standard InChI is InChI=1S/C10H18N2O4/c11-7-3-1-2-6(4-7)9(14)12-5-8(13)10(15)16/h6-8,13H,1-5,11H2,(H,12,14)(H,15,16). The zero-order chi connectivity index (χ0) is 12.1. The molecule has 0 aromatic heterocycles. The van der Waals surface area contributed by atoms with Gasteiger partial charge < -0.3 is 21.3 Å². The fraction of sp³-hybridized carbons (Fsp3) is 0.800. The van der Waals surface area contributed by atoms with Gasteiger partial charge in [-0.05, 0) is 19.3 Å². The molecule has 0 aliphatic heterocycles. The molecule has 0 aromatic carbocycles. The normalized spacial score (nSPS) is 27.1. The summed E-state index contributed by atoms with van der Waals surface area (Å²) in [5.41, 5.74) is 5.74. The van der Waals surface area contributed by atoms with Crippen LogP contribution in [0.1, 0.15) is 25.7 Å².